The van der Waals surface area contributed by atoms with Crippen molar-refractivity contribution in [2.75, 3.05) is 7.11 Å². The molecule has 2 aromatic rings. The molecule has 0 fully saturated rings. The zero-order valence-electron chi connectivity index (χ0n) is 13.9. The van der Waals surface area contributed by atoms with Gasteiger partial charge in [0.15, 0.2) is 0 Å². The summed E-state index contributed by atoms with van der Waals surface area (Å²) in [5.41, 5.74) is 7.57. The smallest absolute Gasteiger partial charge is 0.328 e. The third-order valence-electron chi connectivity index (χ3n) is 3.79. The van der Waals surface area contributed by atoms with Crippen molar-refractivity contribution in [3.8, 4) is 0 Å². The maximum absolute atomic E-state index is 13.0. The molecule has 2 rings (SSSR count). The Labute approximate surface area is 146 Å². The fourth-order valence-electron chi connectivity index (χ4n) is 2.43. The number of nitrogens with two attached hydrogens (primary N) is 1. The van der Waals surface area contributed by atoms with Gasteiger partial charge in [-0.2, -0.15) is 0 Å². The van der Waals surface area contributed by atoms with E-state index in [1.807, 2.05) is 30.3 Å². The highest BCUT2D eigenvalue weighted by Crippen LogP contribution is 2.08. The fraction of sp³-hybridized carbons (Fsp3) is 0.263. The number of carbonyl (C=O) groups is 2. The summed E-state index contributed by atoms with van der Waals surface area (Å²) in [5.74, 6) is -1.39. The molecule has 6 heteroatoms. The summed E-state index contributed by atoms with van der Waals surface area (Å²) < 4.78 is 17.7. The van der Waals surface area contributed by atoms with Crippen molar-refractivity contribution in [2.45, 2.75) is 24.9 Å². The number of nitrogens with one attached hydrogen (secondary N) is 1. The summed E-state index contributed by atoms with van der Waals surface area (Å²) in [6.07, 6.45) is 0.549. The van der Waals surface area contributed by atoms with Crippen LogP contribution < -0.4 is 11.1 Å². The van der Waals surface area contributed by atoms with Crippen LogP contribution in [0.3, 0.4) is 0 Å². The van der Waals surface area contributed by atoms with E-state index in [4.69, 9.17) is 10.5 Å². The second-order valence-electron chi connectivity index (χ2n) is 5.71. The molecule has 0 heterocycles. The fourth-order valence-corrected chi connectivity index (χ4v) is 2.43. The second-order valence-corrected chi connectivity index (χ2v) is 5.71. The molecule has 0 aromatic heterocycles. The lowest BCUT2D eigenvalue weighted by Crippen LogP contribution is -2.50. The molecule has 132 valence electrons. The molecular formula is C19H21FN2O3. The van der Waals surface area contributed by atoms with Crippen LogP contribution in [0.2, 0.25) is 0 Å². The van der Waals surface area contributed by atoms with Gasteiger partial charge in [-0.15, -0.1) is 0 Å². The predicted molar refractivity (Wildman–Crippen MR) is 92.2 cm³/mol. The van der Waals surface area contributed by atoms with Crippen LogP contribution in [0.25, 0.3) is 0 Å². The zero-order valence-corrected chi connectivity index (χ0v) is 13.9. The Bertz CT molecular complexity index is 704. The minimum absolute atomic E-state index is 0.191. The lowest BCUT2D eigenvalue weighted by molar-refractivity contribution is -0.145. The summed E-state index contributed by atoms with van der Waals surface area (Å²) in [6.45, 7) is 0. The summed E-state index contributed by atoms with van der Waals surface area (Å²) in [6, 6.07) is 13.4. The molecule has 25 heavy (non-hydrogen) atoms. The molecule has 0 bridgehead atoms. The number of amides is 1. The topological polar surface area (TPSA) is 81.4 Å². The Morgan fingerprint density at radius 3 is 2.24 bits per heavy atom. The van der Waals surface area contributed by atoms with Gasteiger partial charge in [0.05, 0.1) is 13.2 Å². The van der Waals surface area contributed by atoms with Crippen LogP contribution in [0.4, 0.5) is 4.39 Å². The third-order valence-corrected chi connectivity index (χ3v) is 3.79. The number of benzene rings is 2. The minimum Gasteiger partial charge on any atom is -0.467 e. The van der Waals surface area contributed by atoms with E-state index in [9.17, 15) is 14.0 Å². The SMILES string of the molecule is COC(=O)[C@H](Cc1ccc(F)cc1)NC(=O)[C@@H](N)Cc1ccccc1. The normalized spacial score (nSPS) is 12.9. The zero-order chi connectivity index (χ0) is 18.2. The summed E-state index contributed by atoms with van der Waals surface area (Å²) in [4.78, 5) is 24.3. The number of esters is 1. The van der Waals surface area contributed by atoms with Crippen molar-refractivity contribution in [1.29, 1.82) is 0 Å². The van der Waals surface area contributed by atoms with E-state index in [2.05, 4.69) is 5.32 Å². The van der Waals surface area contributed by atoms with E-state index < -0.39 is 24.0 Å². The molecule has 0 spiro atoms. The molecule has 0 radical (unpaired) electrons. The molecule has 0 aliphatic rings. The maximum Gasteiger partial charge on any atom is 0.328 e. The van der Waals surface area contributed by atoms with Crippen LogP contribution in [0.15, 0.2) is 54.6 Å². The third kappa shape index (κ3) is 5.69. The number of hydrogen-bond acceptors (Lipinski definition) is 4. The molecule has 0 aliphatic heterocycles. The van der Waals surface area contributed by atoms with Gasteiger partial charge < -0.3 is 15.8 Å². The largest absolute Gasteiger partial charge is 0.467 e. The van der Waals surface area contributed by atoms with Crippen LogP contribution >= 0.6 is 0 Å². The lowest BCUT2D eigenvalue weighted by atomic mass is 10.0. The molecule has 5 nitrogen and oxygen atoms in total. The Balaban J connectivity index is 2.01. The molecule has 0 saturated heterocycles. The number of halogens is 1. The van der Waals surface area contributed by atoms with E-state index in [-0.39, 0.29) is 12.2 Å². The molecule has 0 aliphatic carbocycles. The highest BCUT2D eigenvalue weighted by molar-refractivity contribution is 5.87. The maximum atomic E-state index is 13.0. The number of rotatable bonds is 7. The van der Waals surface area contributed by atoms with Gasteiger partial charge in [-0.3, -0.25) is 4.79 Å². The van der Waals surface area contributed by atoms with Crippen molar-refractivity contribution >= 4 is 11.9 Å². The van der Waals surface area contributed by atoms with Crippen molar-refractivity contribution in [3.05, 3.63) is 71.5 Å². The van der Waals surface area contributed by atoms with Crippen molar-refractivity contribution < 1.29 is 18.7 Å². The van der Waals surface area contributed by atoms with Crippen LogP contribution in [-0.2, 0) is 27.2 Å². The van der Waals surface area contributed by atoms with E-state index in [1.54, 1.807) is 12.1 Å². The van der Waals surface area contributed by atoms with E-state index in [1.165, 1.54) is 19.2 Å². The second kappa shape index (κ2) is 8.94. The van der Waals surface area contributed by atoms with Gasteiger partial charge in [0.1, 0.15) is 11.9 Å². The molecule has 3 N–H and O–H groups in total. The predicted octanol–water partition coefficient (Wildman–Crippen LogP) is 1.60. The van der Waals surface area contributed by atoms with Gasteiger partial charge in [-0.25, -0.2) is 9.18 Å². The Kier molecular flexibility index (Phi) is 6.65. The first-order valence-corrected chi connectivity index (χ1v) is 7.91. The highest BCUT2D eigenvalue weighted by atomic mass is 19.1. The van der Waals surface area contributed by atoms with Gasteiger partial charge >= 0.3 is 5.97 Å². The first-order chi connectivity index (χ1) is 12.0. The van der Waals surface area contributed by atoms with Crippen LogP contribution in [0.1, 0.15) is 11.1 Å². The number of ether oxygens (including phenoxy) is 1. The molecular weight excluding hydrogens is 323 g/mol. The van der Waals surface area contributed by atoms with Crippen molar-refractivity contribution in [2.24, 2.45) is 5.73 Å². The van der Waals surface area contributed by atoms with Crippen LogP contribution in [-0.4, -0.2) is 31.1 Å². The average Bonchev–Trinajstić information content (AvgIpc) is 2.63. The summed E-state index contributed by atoms with van der Waals surface area (Å²) in [7, 11) is 1.25. The first kappa shape index (κ1) is 18.6. The lowest BCUT2D eigenvalue weighted by Gasteiger charge is -2.19. The minimum atomic E-state index is -0.884. The first-order valence-electron chi connectivity index (χ1n) is 7.91. The van der Waals surface area contributed by atoms with Crippen LogP contribution in [0.5, 0.6) is 0 Å². The van der Waals surface area contributed by atoms with Crippen molar-refractivity contribution in [1.82, 2.24) is 5.32 Å². The standard InChI is InChI=1S/C19H21FN2O3/c1-25-19(24)17(12-14-7-9-15(20)10-8-14)22-18(23)16(21)11-13-5-3-2-4-6-13/h2-10,16-17H,11-12,21H2,1H3,(H,22,23)/t16-,17-/m0/s1. The van der Waals surface area contributed by atoms with E-state index >= 15 is 0 Å². The average molecular weight is 344 g/mol. The number of methoxy groups -OCH3 is 1. The van der Waals surface area contributed by atoms with E-state index in [0.717, 1.165) is 5.56 Å². The number of hydrogen-bond donors (Lipinski definition) is 2. The van der Waals surface area contributed by atoms with Gasteiger partial charge in [0.2, 0.25) is 5.91 Å². The molecule has 0 saturated carbocycles. The highest BCUT2D eigenvalue weighted by Gasteiger charge is 2.24. The quantitative estimate of drug-likeness (QED) is 0.748. The number of carbonyl (C=O) groups excluding carboxylic acids is 2. The molecule has 2 aromatic carbocycles. The van der Waals surface area contributed by atoms with Crippen LogP contribution in [0, 0.1) is 5.82 Å². The molecule has 0 unspecified atom stereocenters. The molecule has 1 amide bonds. The summed E-state index contributed by atoms with van der Waals surface area (Å²) in [5, 5.41) is 2.62. The molecule has 2 atom stereocenters. The Morgan fingerprint density at radius 2 is 1.64 bits per heavy atom. The van der Waals surface area contributed by atoms with Gasteiger partial charge in [-0.1, -0.05) is 42.5 Å². The van der Waals surface area contributed by atoms with Crippen molar-refractivity contribution in [3.63, 3.8) is 0 Å². The van der Waals surface area contributed by atoms with Gasteiger partial charge in [-0.05, 0) is 29.7 Å². The van der Waals surface area contributed by atoms with E-state index in [0.29, 0.717) is 12.0 Å². The monoisotopic (exact) mass is 344 g/mol. The Morgan fingerprint density at radius 1 is 1.04 bits per heavy atom. The summed E-state index contributed by atoms with van der Waals surface area (Å²) >= 11 is 0. The van der Waals surface area contributed by atoms with Gasteiger partial charge in [0.25, 0.3) is 0 Å². The van der Waals surface area contributed by atoms with Gasteiger partial charge in [0, 0.05) is 6.42 Å². The Hall–Kier alpha value is -2.73.